The van der Waals surface area contributed by atoms with Gasteiger partial charge in [-0.05, 0) is 6.42 Å². The molecule has 0 heterocycles. The molecule has 0 bridgehead atoms. The molecule has 0 radical (unpaired) electrons. The van der Waals surface area contributed by atoms with Gasteiger partial charge in [-0.25, -0.2) is 0 Å². The molecule has 29 heavy (non-hydrogen) atoms. The maximum absolute atomic E-state index is 9.67. The van der Waals surface area contributed by atoms with E-state index in [-0.39, 0.29) is 10.3 Å². The standard InChI is InChI=1S/C23H53N2O3Si/c1-5-7-8-9-10-11-12-13-14-15-16-17-18-19-20-21-22-24-23(6-2)25(3,4)29(26,27)28/h23-24,26-28H,5-22H2,1-4H3/q+1. The molecule has 6 heteroatoms. The highest BCUT2D eigenvalue weighted by molar-refractivity contribution is 6.47. The zero-order valence-corrected chi connectivity index (χ0v) is 21.1. The van der Waals surface area contributed by atoms with Gasteiger partial charge in [0.2, 0.25) is 0 Å². The summed E-state index contributed by atoms with van der Waals surface area (Å²) in [5, 5.41) is 3.39. The predicted octanol–water partition coefficient (Wildman–Crippen LogP) is 5.06. The van der Waals surface area contributed by atoms with Gasteiger partial charge in [0.1, 0.15) is 6.17 Å². The Balaban J connectivity index is 3.43. The second kappa shape index (κ2) is 17.7. The second-order valence-electron chi connectivity index (χ2n) is 9.32. The summed E-state index contributed by atoms with van der Waals surface area (Å²) in [4.78, 5) is 29.0. The number of hydrogen-bond acceptors (Lipinski definition) is 4. The predicted molar refractivity (Wildman–Crippen MR) is 126 cm³/mol. The molecule has 0 aliphatic carbocycles. The molecule has 1 unspecified atom stereocenters. The summed E-state index contributed by atoms with van der Waals surface area (Å²) >= 11 is 0. The van der Waals surface area contributed by atoms with Crippen molar-refractivity contribution in [1.29, 1.82) is 0 Å². The molecule has 0 aromatic rings. The molecule has 5 nitrogen and oxygen atoms in total. The Hall–Kier alpha value is 0.0169. The fourth-order valence-electron chi connectivity index (χ4n) is 3.98. The van der Waals surface area contributed by atoms with E-state index in [1.807, 2.05) is 6.92 Å². The SMILES string of the molecule is CCCCCCCCCCCCCCCCCCNC(CC)[N+](C)(C)[Si](O)(O)O. The fourth-order valence-corrected chi connectivity index (χ4v) is 4.67. The lowest BCUT2D eigenvalue weighted by atomic mass is 10.0. The highest BCUT2D eigenvalue weighted by Gasteiger charge is 2.55. The molecule has 0 fully saturated rings. The van der Waals surface area contributed by atoms with Crippen LogP contribution >= 0.6 is 0 Å². The Labute approximate surface area is 183 Å². The van der Waals surface area contributed by atoms with E-state index < -0.39 is 8.97 Å². The number of nitrogens with one attached hydrogen (secondary N) is 1. The Morgan fingerprint density at radius 1 is 0.621 bits per heavy atom. The fraction of sp³-hybridized carbons (Fsp3) is 1.00. The zero-order valence-electron chi connectivity index (χ0n) is 20.1. The average Bonchev–Trinajstić information content (AvgIpc) is 2.66. The van der Waals surface area contributed by atoms with Gasteiger partial charge in [0.15, 0.2) is 0 Å². The van der Waals surface area contributed by atoms with Crippen LogP contribution in [0.4, 0.5) is 0 Å². The van der Waals surface area contributed by atoms with E-state index in [2.05, 4.69) is 12.2 Å². The van der Waals surface area contributed by atoms with Crippen LogP contribution in [0.1, 0.15) is 123 Å². The van der Waals surface area contributed by atoms with E-state index in [9.17, 15) is 14.4 Å². The quantitative estimate of drug-likeness (QED) is 0.116. The van der Waals surface area contributed by atoms with E-state index in [4.69, 9.17) is 0 Å². The lowest BCUT2D eigenvalue weighted by Gasteiger charge is -2.40. The van der Waals surface area contributed by atoms with Crippen LogP contribution < -0.4 is 5.32 Å². The molecule has 0 aliphatic rings. The van der Waals surface area contributed by atoms with E-state index >= 15 is 0 Å². The lowest BCUT2D eigenvalue weighted by Crippen LogP contribution is -2.72. The molecule has 0 saturated carbocycles. The average molecular weight is 434 g/mol. The molecule has 0 spiro atoms. The number of hydrogen-bond donors (Lipinski definition) is 4. The van der Waals surface area contributed by atoms with Gasteiger partial charge in [0.05, 0.1) is 14.1 Å². The first-order chi connectivity index (χ1) is 13.8. The van der Waals surface area contributed by atoms with Gasteiger partial charge < -0.3 is 18.5 Å². The summed E-state index contributed by atoms with van der Waals surface area (Å²) < 4.78 is -0.150. The van der Waals surface area contributed by atoms with Crippen LogP contribution in [0.2, 0.25) is 0 Å². The molecule has 0 amide bonds. The first-order valence-electron chi connectivity index (χ1n) is 12.5. The molecule has 0 aliphatic heterocycles. The smallest absolute Gasteiger partial charge is 0.341 e. The van der Waals surface area contributed by atoms with Gasteiger partial charge in [0, 0.05) is 13.0 Å². The number of quaternary nitrogens is 1. The van der Waals surface area contributed by atoms with Crippen LogP contribution in [0.5, 0.6) is 0 Å². The molecular weight excluding hydrogens is 380 g/mol. The normalized spacial score (nSPS) is 13.8. The van der Waals surface area contributed by atoms with Crippen LogP contribution in [0, 0.1) is 0 Å². The van der Waals surface area contributed by atoms with Gasteiger partial charge in [-0.15, -0.1) is 0 Å². The molecule has 0 saturated heterocycles. The second-order valence-corrected chi connectivity index (χ2v) is 11.7. The van der Waals surface area contributed by atoms with E-state index in [0.29, 0.717) is 0 Å². The summed E-state index contributed by atoms with van der Waals surface area (Å²) in [6.07, 6.45) is 22.5. The third-order valence-electron chi connectivity index (χ3n) is 6.35. The van der Waals surface area contributed by atoms with Crippen LogP contribution in [-0.4, -0.2) is 54.3 Å². The van der Waals surface area contributed by atoms with Gasteiger partial charge in [-0.3, -0.25) is 5.32 Å². The monoisotopic (exact) mass is 433 g/mol. The minimum atomic E-state index is -4.21. The summed E-state index contributed by atoms with van der Waals surface area (Å²) in [5.74, 6) is 0. The molecule has 176 valence electrons. The van der Waals surface area contributed by atoms with Crippen molar-refractivity contribution >= 4 is 8.97 Å². The van der Waals surface area contributed by atoms with E-state index in [0.717, 1.165) is 19.4 Å². The molecule has 4 N–H and O–H groups in total. The van der Waals surface area contributed by atoms with Crippen LogP contribution in [-0.2, 0) is 0 Å². The minimum absolute atomic E-state index is 0.127. The van der Waals surface area contributed by atoms with Crippen LogP contribution in [0.3, 0.4) is 0 Å². The largest absolute Gasteiger partial charge is 0.777 e. The number of rotatable bonds is 21. The third kappa shape index (κ3) is 14.6. The summed E-state index contributed by atoms with van der Waals surface area (Å²) in [6.45, 7) is 5.15. The van der Waals surface area contributed by atoms with Crippen molar-refractivity contribution in [1.82, 2.24) is 5.32 Å². The van der Waals surface area contributed by atoms with E-state index in [1.54, 1.807) is 14.1 Å². The third-order valence-corrected chi connectivity index (χ3v) is 8.21. The molecule has 0 rings (SSSR count). The van der Waals surface area contributed by atoms with Crippen LogP contribution in [0.15, 0.2) is 0 Å². The Kier molecular flexibility index (Phi) is 17.7. The molecule has 0 aromatic carbocycles. The van der Waals surface area contributed by atoms with Gasteiger partial charge in [-0.1, -0.05) is 110 Å². The van der Waals surface area contributed by atoms with Crippen LogP contribution in [0.25, 0.3) is 0 Å². The number of nitrogens with zero attached hydrogens (tertiary/aromatic N) is 1. The van der Waals surface area contributed by atoms with Crippen molar-refractivity contribution in [2.45, 2.75) is 129 Å². The topological polar surface area (TPSA) is 72.7 Å². The summed E-state index contributed by atoms with van der Waals surface area (Å²) in [7, 11) is -0.843. The Morgan fingerprint density at radius 2 is 0.966 bits per heavy atom. The van der Waals surface area contributed by atoms with Gasteiger partial charge >= 0.3 is 8.97 Å². The first-order valence-corrected chi connectivity index (χ1v) is 14.3. The number of unbranched alkanes of at least 4 members (excludes halogenated alkanes) is 15. The Bertz CT molecular complexity index is 363. The first kappa shape index (κ1) is 29.0. The summed E-state index contributed by atoms with van der Waals surface area (Å²) in [5.41, 5.74) is 0. The highest BCUT2D eigenvalue weighted by Crippen LogP contribution is 2.16. The van der Waals surface area contributed by atoms with Gasteiger partial charge in [0.25, 0.3) is 0 Å². The van der Waals surface area contributed by atoms with Crippen molar-refractivity contribution in [2.75, 3.05) is 20.6 Å². The maximum atomic E-state index is 9.67. The maximum Gasteiger partial charge on any atom is 0.777 e. The highest BCUT2D eigenvalue weighted by atomic mass is 28.4. The van der Waals surface area contributed by atoms with Crippen molar-refractivity contribution < 1.29 is 18.5 Å². The van der Waals surface area contributed by atoms with Crippen molar-refractivity contribution in [3.05, 3.63) is 0 Å². The lowest BCUT2D eigenvalue weighted by molar-refractivity contribution is -0.848. The van der Waals surface area contributed by atoms with Crippen molar-refractivity contribution in [2.24, 2.45) is 0 Å². The molecule has 1 atom stereocenters. The zero-order chi connectivity index (χ0) is 22.0. The van der Waals surface area contributed by atoms with Gasteiger partial charge in [-0.2, -0.15) is 0 Å². The minimum Gasteiger partial charge on any atom is -0.341 e. The molecular formula is C23H53N2O3Si+. The molecule has 0 aromatic heterocycles. The van der Waals surface area contributed by atoms with Crippen molar-refractivity contribution in [3.8, 4) is 0 Å². The van der Waals surface area contributed by atoms with Crippen molar-refractivity contribution in [3.63, 3.8) is 0 Å². The summed E-state index contributed by atoms with van der Waals surface area (Å²) in [6, 6.07) is 0. The van der Waals surface area contributed by atoms with E-state index in [1.165, 1.54) is 96.3 Å². The Morgan fingerprint density at radius 3 is 1.28 bits per heavy atom.